The summed E-state index contributed by atoms with van der Waals surface area (Å²) in [5.41, 5.74) is 4.33. The first kappa shape index (κ1) is 19.1. The maximum absolute atomic E-state index is 10.5. The van der Waals surface area contributed by atoms with Crippen molar-refractivity contribution in [3.63, 3.8) is 0 Å². The zero-order valence-electron chi connectivity index (χ0n) is 16.5. The molecule has 3 aromatic rings. The lowest BCUT2D eigenvalue weighted by molar-refractivity contribution is 0.414. The molecule has 7 nitrogen and oxygen atoms in total. The number of methoxy groups -OCH3 is 1. The van der Waals surface area contributed by atoms with Crippen molar-refractivity contribution in [3.8, 4) is 28.5 Å². The minimum Gasteiger partial charge on any atom is -0.508 e. The Balaban J connectivity index is 1.58. The molecule has 1 aromatic heterocycles. The van der Waals surface area contributed by atoms with Crippen LogP contribution < -0.4 is 15.0 Å². The fraction of sp³-hybridized carbons (Fsp3) is 0.318. The van der Waals surface area contributed by atoms with Crippen molar-refractivity contribution in [2.45, 2.75) is 12.8 Å². The quantitative estimate of drug-likeness (QED) is 0.514. The smallest absolute Gasteiger partial charge is 0.128 e. The van der Waals surface area contributed by atoms with Gasteiger partial charge in [0.2, 0.25) is 0 Å². The summed E-state index contributed by atoms with van der Waals surface area (Å²) < 4.78 is 5.20. The van der Waals surface area contributed by atoms with Crippen LogP contribution in [0, 0.1) is 0 Å². The average Bonchev–Trinajstić information content (AvgIpc) is 3.24. The Labute approximate surface area is 170 Å². The Bertz CT molecular complexity index is 963. The summed E-state index contributed by atoms with van der Waals surface area (Å²) in [5, 5.41) is 31.4. The van der Waals surface area contributed by atoms with Crippen LogP contribution in [0.3, 0.4) is 0 Å². The zero-order chi connectivity index (χ0) is 20.2. The number of nitrogens with zero attached hydrogens (tertiary/aromatic N) is 2. The predicted octanol–water partition coefficient (Wildman–Crippen LogP) is 2.69. The number of aromatic nitrogens is 2. The number of aryl methyl sites for hydroxylation is 2. The summed E-state index contributed by atoms with van der Waals surface area (Å²) in [6, 6.07) is 11.2. The number of phenols is 2. The average molecular weight is 394 g/mol. The molecule has 152 valence electrons. The van der Waals surface area contributed by atoms with Crippen molar-refractivity contribution >= 4 is 5.69 Å². The van der Waals surface area contributed by atoms with Crippen LogP contribution in [0.25, 0.3) is 11.3 Å². The maximum Gasteiger partial charge on any atom is 0.128 e. The third-order valence-electron chi connectivity index (χ3n) is 5.39. The van der Waals surface area contributed by atoms with Gasteiger partial charge in [-0.25, -0.2) is 0 Å². The van der Waals surface area contributed by atoms with Crippen molar-refractivity contribution in [2.75, 3.05) is 38.2 Å². The molecule has 7 heteroatoms. The van der Waals surface area contributed by atoms with Crippen LogP contribution in [0.15, 0.2) is 42.6 Å². The van der Waals surface area contributed by atoms with Gasteiger partial charge in [0.05, 0.1) is 24.7 Å². The van der Waals surface area contributed by atoms with Crippen LogP contribution in [0.5, 0.6) is 17.2 Å². The molecule has 4 rings (SSSR count). The first-order valence-corrected chi connectivity index (χ1v) is 9.83. The number of rotatable bonds is 6. The molecule has 1 aliphatic heterocycles. The van der Waals surface area contributed by atoms with Gasteiger partial charge in [-0.1, -0.05) is 12.1 Å². The normalized spacial score (nSPS) is 14.2. The second kappa shape index (κ2) is 8.45. The highest BCUT2D eigenvalue weighted by molar-refractivity contribution is 5.80. The van der Waals surface area contributed by atoms with E-state index < -0.39 is 0 Å². The number of anilines is 1. The van der Waals surface area contributed by atoms with E-state index in [1.54, 1.807) is 13.3 Å². The summed E-state index contributed by atoms with van der Waals surface area (Å²) in [6.45, 7) is 3.60. The maximum atomic E-state index is 10.5. The highest BCUT2D eigenvalue weighted by atomic mass is 16.5. The number of benzene rings is 2. The number of H-pyrrole nitrogens is 1. The lowest BCUT2D eigenvalue weighted by Gasteiger charge is -2.29. The Morgan fingerprint density at radius 1 is 1.03 bits per heavy atom. The summed E-state index contributed by atoms with van der Waals surface area (Å²) in [4.78, 5) is 2.25. The first-order valence-electron chi connectivity index (χ1n) is 9.83. The second-order valence-electron chi connectivity index (χ2n) is 7.21. The molecule has 0 aliphatic carbocycles. The van der Waals surface area contributed by atoms with Crippen molar-refractivity contribution in [3.05, 3.63) is 53.7 Å². The molecule has 0 atom stereocenters. The molecule has 0 radical (unpaired) electrons. The van der Waals surface area contributed by atoms with Crippen LogP contribution in [0.2, 0.25) is 0 Å². The van der Waals surface area contributed by atoms with E-state index in [9.17, 15) is 10.2 Å². The predicted molar refractivity (Wildman–Crippen MR) is 113 cm³/mol. The summed E-state index contributed by atoms with van der Waals surface area (Å²) in [7, 11) is 1.65. The molecule has 4 N–H and O–H groups in total. The van der Waals surface area contributed by atoms with Crippen molar-refractivity contribution in [2.24, 2.45) is 0 Å². The molecule has 1 fully saturated rings. The van der Waals surface area contributed by atoms with E-state index in [0.29, 0.717) is 12.0 Å². The van der Waals surface area contributed by atoms with Gasteiger partial charge in [-0.15, -0.1) is 0 Å². The van der Waals surface area contributed by atoms with Crippen molar-refractivity contribution in [1.82, 2.24) is 15.5 Å². The summed E-state index contributed by atoms with van der Waals surface area (Å²) in [5.74, 6) is 0.961. The van der Waals surface area contributed by atoms with E-state index in [1.165, 1.54) is 6.07 Å². The Morgan fingerprint density at radius 2 is 1.79 bits per heavy atom. The lowest BCUT2D eigenvalue weighted by Crippen LogP contribution is -2.43. The number of aromatic amines is 1. The van der Waals surface area contributed by atoms with E-state index in [2.05, 4.69) is 20.4 Å². The standard InChI is InChI=1S/C22H26N4O3/c1-29-17-6-3-15(4-7-17)2-5-16-12-18(21(28)13-20(16)27)22-19(14-24-25-22)26-10-8-23-9-11-26/h3-4,6-7,12-14,23,27-28H,2,5,8-11H2,1H3,(H,24,25). The molecule has 0 unspecified atom stereocenters. The summed E-state index contributed by atoms with van der Waals surface area (Å²) in [6.07, 6.45) is 3.22. The Hall–Kier alpha value is -3.19. The molecule has 0 bridgehead atoms. The van der Waals surface area contributed by atoms with E-state index in [0.717, 1.165) is 60.9 Å². The number of phenolic OH excluding ortho intramolecular Hbond substituents is 2. The van der Waals surface area contributed by atoms with Crippen LogP contribution in [-0.2, 0) is 12.8 Å². The monoisotopic (exact) mass is 394 g/mol. The summed E-state index contributed by atoms with van der Waals surface area (Å²) >= 11 is 0. The van der Waals surface area contributed by atoms with Gasteiger partial charge in [0.25, 0.3) is 0 Å². The number of hydrogen-bond donors (Lipinski definition) is 4. The van der Waals surface area contributed by atoms with Crippen molar-refractivity contribution < 1.29 is 14.9 Å². The van der Waals surface area contributed by atoms with Crippen molar-refractivity contribution in [1.29, 1.82) is 0 Å². The molecule has 1 saturated heterocycles. The molecule has 2 aromatic carbocycles. The first-order chi connectivity index (χ1) is 14.2. The Morgan fingerprint density at radius 3 is 2.52 bits per heavy atom. The minimum atomic E-state index is 0.0383. The number of ether oxygens (including phenoxy) is 1. The molecule has 29 heavy (non-hydrogen) atoms. The van der Waals surface area contributed by atoms with Crippen LogP contribution >= 0.6 is 0 Å². The fourth-order valence-corrected chi connectivity index (χ4v) is 3.72. The van der Waals surface area contributed by atoms with Gasteiger partial charge in [0.1, 0.15) is 17.2 Å². The molecule has 0 amide bonds. The third kappa shape index (κ3) is 4.14. The molecular formula is C22H26N4O3. The van der Waals surface area contributed by atoms with Gasteiger partial charge in [-0.3, -0.25) is 5.10 Å². The van der Waals surface area contributed by atoms with E-state index in [-0.39, 0.29) is 11.5 Å². The number of hydrogen-bond acceptors (Lipinski definition) is 6. The SMILES string of the molecule is COc1ccc(CCc2cc(-c3[nH]ncc3N3CCNCC3)c(O)cc2O)cc1. The molecule has 0 spiro atoms. The van der Waals surface area contributed by atoms with E-state index in [1.807, 2.05) is 30.3 Å². The number of nitrogens with one attached hydrogen (secondary N) is 2. The van der Waals surface area contributed by atoms with Gasteiger partial charge >= 0.3 is 0 Å². The lowest BCUT2D eigenvalue weighted by atomic mass is 9.99. The number of aromatic hydroxyl groups is 2. The van der Waals surface area contributed by atoms with Gasteiger partial charge in [-0.05, 0) is 42.2 Å². The fourth-order valence-electron chi connectivity index (χ4n) is 3.72. The molecule has 0 saturated carbocycles. The number of piperazine rings is 1. The van der Waals surface area contributed by atoms with Crippen LogP contribution in [-0.4, -0.2) is 53.7 Å². The van der Waals surface area contributed by atoms with E-state index in [4.69, 9.17) is 4.74 Å². The van der Waals surface area contributed by atoms with Crippen LogP contribution in [0.4, 0.5) is 5.69 Å². The Kier molecular flexibility index (Phi) is 5.57. The highest BCUT2D eigenvalue weighted by Gasteiger charge is 2.20. The van der Waals surface area contributed by atoms with Gasteiger partial charge in [0, 0.05) is 37.8 Å². The highest BCUT2D eigenvalue weighted by Crippen LogP contribution is 2.38. The van der Waals surface area contributed by atoms with Crippen LogP contribution in [0.1, 0.15) is 11.1 Å². The second-order valence-corrected chi connectivity index (χ2v) is 7.21. The molecule has 2 heterocycles. The largest absolute Gasteiger partial charge is 0.508 e. The topological polar surface area (TPSA) is 93.6 Å². The van der Waals surface area contributed by atoms with Gasteiger partial charge in [0.15, 0.2) is 0 Å². The van der Waals surface area contributed by atoms with Gasteiger partial charge in [-0.2, -0.15) is 5.10 Å². The molecule has 1 aliphatic rings. The minimum absolute atomic E-state index is 0.0383. The third-order valence-corrected chi connectivity index (χ3v) is 5.39. The van der Waals surface area contributed by atoms with E-state index >= 15 is 0 Å². The van der Waals surface area contributed by atoms with Gasteiger partial charge < -0.3 is 25.2 Å². The molecular weight excluding hydrogens is 368 g/mol. The zero-order valence-corrected chi connectivity index (χ0v) is 16.5.